The van der Waals surface area contributed by atoms with Crippen LogP contribution >= 0.6 is 11.6 Å². The standard InChI is InChI=1S/C30H33ClFN3O4S/c1-22(30(37)33-25-11-4-2-5-12-25)34(20-23-10-8-9-15-28(23)31)29(36)21-35(26-13-6-3-7-14-26)40(38,39)27-18-16-24(32)17-19-27/h3,6-10,13-19,22,25H,2,4-5,11-12,20-21H2,1H3,(H,33,37)/t22-/m0/s1. The molecule has 3 aromatic carbocycles. The van der Waals surface area contributed by atoms with Crippen LogP contribution < -0.4 is 9.62 Å². The zero-order valence-electron chi connectivity index (χ0n) is 22.3. The molecule has 0 unspecified atom stereocenters. The largest absolute Gasteiger partial charge is 0.352 e. The lowest BCUT2D eigenvalue weighted by Crippen LogP contribution is -2.53. The number of hydrogen-bond donors (Lipinski definition) is 1. The number of carbonyl (C=O) groups is 2. The molecule has 10 heteroatoms. The van der Waals surface area contributed by atoms with Crippen molar-refractivity contribution in [3.63, 3.8) is 0 Å². The highest BCUT2D eigenvalue weighted by atomic mass is 35.5. The van der Waals surface area contributed by atoms with E-state index in [1.807, 2.05) is 0 Å². The van der Waals surface area contributed by atoms with Gasteiger partial charge in [-0.25, -0.2) is 12.8 Å². The number of nitrogens with zero attached hydrogens (tertiary/aromatic N) is 2. The highest BCUT2D eigenvalue weighted by molar-refractivity contribution is 7.92. The van der Waals surface area contributed by atoms with Crippen molar-refractivity contribution in [1.29, 1.82) is 0 Å². The highest BCUT2D eigenvalue weighted by Gasteiger charge is 2.33. The van der Waals surface area contributed by atoms with Gasteiger partial charge in [-0.05, 0) is 67.8 Å². The van der Waals surface area contributed by atoms with Gasteiger partial charge in [0.25, 0.3) is 10.0 Å². The molecule has 3 aromatic rings. The molecule has 0 aromatic heterocycles. The summed E-state index contributed by atoms with van der Waals surface area (Å²) >= 11 is 6.40. The smallest absolute Gasteiger partial charge is 0.264 e. The van der Waals surface area contributed by atoms with Crippen LogP contribution in [0.2, 0.25) is 5.02 Å². The van der Waals surface area contributed by atoms with Crippen LogP contribution in [-0.2, 0) is 26.2 Å². The predicted molar refractivity (Wildman–Crippen MR) is 154 cm³/mol. The number of rotatable bonds is 10. The summed E-state index contributed by atoms with van der Waals surface area (Å²) in [4.78, 5) is 28.5. The molecule has 0 bridgehead atoms. The van der Waals surface area contributed by atoms with Gasteiger partial charge < -0.3 is 10.2 Å². The summed E-state index contributed by atoms with van der Waals surface area (Å²) in [6.07, 6.45) is 4.98. The van der Waals surface area contributed by atoms with Crippen molar-refractivity contribution in [2.75, 3.05) is 10.8 Å². The molecule has 2 amide bonds. The molecule has 1 N–H and O–H groups in total. The number of benzene rings is 3. The second-order valence-electron chi connectivity index (χ2n) is 9.93. The molecule has 0 saturated heterocycles. The molecule has 1 aliphatic rings. The molecule has 1 fully saturated rings. The normalized spacial score (nSPS) is 14.8. The van der Waals surface area contributed by atoms with Gasteiger partial charge in [-0.3, -0.25) is 13.9 Å². The Morgan fingerprint density at radius 3 is 2.23 bits per heavy atom. The molecule has 0 heterocycles. The maximum absolute atomic E-state index is 13.9. The maximum atomic E-state index is 13.9. The second-order valence-corrected chi connectivity index (χ2v) is 12.2. The lowest BCUT2D eigenvalue weighted by Gasteiger charge is -2.33. The van der Waals surface area contributed by atoms with Crippen molar-refractivity contribution in [1.82, 2.24) is 10.2 Å². The van der Waals surface area contributed by atoms with Crippen molar-refractivity contribution in [2.24, 2.45) is 0 Å². The minimum atomic E-state index is -4.26. The van der Waals surface area contributed by atoms with E-state index in [0.29, 0.717) is 10.6 Å². The molecular weight excluding hydrogens is 553 g/mol. The molecule has 40 heavy (non-hydrogen) atoms. The Kier molecular flexibility index (Phi) is 9.81. The average molecular weight is 586 g/mol. The van der Waals surface area contributed by atoms with Crippen molar-refractivity contribution in [2.45, 2.75) is 62.6 Å². The molecule has 1 saturated carbocycles. The molecule has 0 aliphatic heterocycles. The van der Waals surface area contributed by atoms with E-state index in [1.165, 1.54) is 4.90 Å². The lowest BCUT2D eigenvalue weighted by molar-refractivity contribution is -0.139. The SMILES string of the molecule is C[C@@H](C(=O)NC1CCCCC1)N(Cc1ccccc1Cl)C(=O)CN(c1ccccc1)S(=O)(=O)c1ccc(F)cc1. The van der Waals surface area contributed by atoms with Crippen LogP contribution in [0.3, 0.4) is 0 Å². The maximum Gasteiger partial charge on any atom is 0.264 e. The number of halogens is 2. The van der Waals surface area contributed by atoms with Crippen molar-refractivity contribution < 1.29 is 22.4 Å². The zero-order valence-corrected chi connectivity index (χ0v) is 23.9. The van der Waals surface area contributed by atoms with E-state index in [4.69, 9.17) is 11.6 Å². The number of hydrogen-bond acceptors (Lipinski definition) is 4. The minimum Gasteiger partial charge on any atom is -0.352 e. The predicted octanol–water partition coefficient (Wildman–Crippen LogP) is 5.54. The van der Waals surface area contributed by atoms with Gasteiger partial charge in [-0.1, -0.05) is 67.3 Å². The fourth-order valence-electron chi connectivity index (χ4n) is 4.82. The summed E-state index contributed by atoms with van der Waals surface area (Å²) in [6, 6.07) is 18.8. The summed E-state index contributed by atoms with van der Waals surface area (Å²) in [5.41, 5.74) is 0.889. The number of sulfonamides is 1. The Bertz CT molecular complexity index is 1410. The quantitative estimate of drug-likeness (QED) is 0.338. The average Bonchev–Trinajstić information content (AvgIpc) is 2.96. The molecule has 4 rings (SSSR count). The number of carbonyl (C=O) groups excluding carboxylic acids is 2. The van der Waals surface area contributed by atoms with Crippen LogP contribution in [0.25, 0.3) is 0 Å². The number of anilines is 1. The zero-order chi connectivity index (χ0) is 28.7. The molecule has 7 nitrogen and oxygen atoms in total. The van der Waals surface area contributed by atoms with Crippen molar-refractivity contribution in [3.8, 4) is 0 Å². The fourth-order valence-corrected chi connectivity index (χ4v) is 6.43. The number of nitrogens with one attached hydrogen (secondary N) is 1. The van der Waals surface area contributed by atoms with Crippen LogP contribution in [0.4, 0.5) is 10.1 Å². The lowest BCUT2D eigenvalue weighted by atomic mass is 9.95. The van der Waals surface area contributed by atoms with E-state index in [0.717, 1.165) is 60.7 Å². The minimum absolute atomic E-state index is 0.0109. The van der Waals surface area contributed by atoms with E-state index >= 15 is 0 Å². The summed E-state index contributed by atoms with van der Waals surface area (Å²) < 4.78 is 42.0. The molecule has 1 atom stereocenters. The Morgan fingerprint density at radius 1 is 0.950 bits per heavy atom. The van der Waals surface area contributed by atoms with E-state index in [2.05, 4.69) is 5.32 Å². The molecule has 212 valence electrons. The van der Waals surface area contributed by atoms with Crippen molar-refractivity contribution >= 4 is 39.1 Å². The summed E-state index contributed by atoms with van der Waals surface area (Å²) in [6.45, 7) is 1.07. The van der Waals surface area contributed by atoms with Gasteiger partial charge >= 0.3 is 0 Å². The van der Waals surface area contributed by atoms with Crippen LogP contribution in [0.15, 0.2) is 83.8 Å². The Morgan fingerprint density at radius 2 is 1.57 bits per heavy atom. The van der Waals surface area contributed by atoms with Gasteiger partial charge in [-0.2, -0.15) is 0 Å². The van der Waals surface area contributed by atoms with E-state index < -0.39 is 34.3 Å². The second kappa shape index (κ2) is 13.3. The fraction of sp³-hybridized carbons (Fsp3) is 0.333. The first-order chi connectivity index (χ1) is 19.2. The molecular formula is C30H33ClFN3O4S. The van der Waals surface area contributed by atoms with Gasteiger partial charge in [0.15, 0.2) is 0 Å². The Balaban J connectivity index is 1.66. The highest BCUT2D eigenvalue weighted by Crippen LogP contribution is 2.26. The topological polar surface area (TPSA) is 86.8 Å². The van der Waals surface area contributed by atoms with Gasteiger partial charge in [-0.15, -0.1) is 0 Å². The first-order valence-electron chi connectivity index (χ1n) is 13.3. The van der Waals surface area contributed by atoms with Gasteiger partial charge in [0.05, 0.1) is 10.6 Å². The third-order valence-corrected chi connectivity index (χ3v) is 9.30. The number of amides is 2. The van der Waals surface area contributed by atoms with E-state index in [9.17, 15) is 22.4 Å². The van der Waals surface area contributed by atoms with Crippen LogP contribution in [0, 0.1) is 5.82 Å². The van der Waals surface area contributed by atoms with Gasteiger partial charge in [0.1, 0.15) is 18.4 Å². The van der Waals surface area contributed by atoms with Gasteiger partial charge in [0, 0.05) is 17.6 Å². The molecule has 1 aliphatic carbocycles. The third kappa shape index (κ3) is 7.20. The Labute approximate surface area is 240 Å². The van der Waals surface area contributed by atoms with Crippen LogP contribution in [0.5, 0.6) is 0 Å². The summed E-state index contributed by atoms with van der Waals surface area (Å²) in [5, 5.41) is 3.50. The van der Waals surface area contributed by atoms with Crippen LogP contribution in [-0.4, -0.2) is 43.8 Å². The number of para-hydroxylation sites is 1. The third-order valence-electron chi connectivity index (χ3n) is 7.14. The summed E-state index contributed by atoms with van der Waals surface area (Å²) in [5.74, 6) is -1.47. The van der Waals surface area contributed by atoms with E-state index in [1.54, 1.807) is 61.5 Å². The van der Waals surface area contributed by atoms with Crippen molar-refractivity contribution in [3.05, 3.63) is 95.3 Å². The monoisotopic (exact) mass is 585 g/mol. The first kappa shape index (κ1) is 29.6. The molecule has 0 spiro atoms. The molecule has 0 radical (unpaired) electrons. The summed E-state index contributed by atoms with van der Waals surface area (Å²) in [7, 11) is -4.26. The Hall–Kier alpha value is -3.43. The van der Waals surface area contributed by atoms with Gasteiger partial charge in [0.2, 0.25) is 11.8 Å². The first-order valence-corrected chi connectivity index (χ1v) is 15.1. The van der Waals surface area contributed by atoms with E-state index in [-0.39, 0.29) is 29.1 Å². The van der Waals surface area contributed by atoms with Crippen LogP contribution in [0.1, 0.15) is 44.6 Å².